The third kappa shape index (κ3) is 4.41. The molecular weight excluding hydrogens is 296 g/mol. The highest BCUT2D eigenvalue weighted by Crippen LogP contribution is 2.21. The summed E-state index contributed by atoms with van der Waals surface area (Å²) in [7, 11) is 0. The van der Waals surface area contributed by atoms with Gasteiger partial charge in [0.2, 0.25) is 0 Å². The molecule has 0 aromatic heterocycles. The lowest BCUT2D eigenvalue weighted by atomic mass is 10.1. The molecule has 2 aromatic carbocycles. The molecule has 0 aliphatic rings. The third-order valence-electron chi connectivity index (χ3n) is 2.93. The zero-order valence-electron chi connectivity index (χ0n) is 11.6. The van der Waals surface area contributed by atoms with E-state index < -0.39 is 11.6 Å². The lowest BCUT2D eigenvalue weighted by Gasteiger charge is -2.10. The van der Waals surface area contributed by atoms with Gasteiger partial charge in [-0.2, -0.15) is 0 Å². The van der Waals surface area contributed by atoms with Crippen molar-refractivity contribution >= 4 is 11.6 Å². The fraction of sp³-hybridized carbons (Fsp3) is 0.250. The summed E-state index contributed by atoms with van der Waals surface area (Å²) in [6.45, 7) is 1.93. The summed E-state index contributed by atoms with van der Waals surface area (Å²) < 4.78 is 32.5. The van der Waals surface area contributed by atoms with Crippen LogP contribution < -0.4 is 10.5 Å². The summed E-state index contributed by atoms with van der Waals surface area (Å²) in [5, 5.41) is 0.0465. The normalized spacial score (nSPS) is 12.2. The number of rotatable bonds is 5. The first-order valence-electron chi connectivity index (χ1n) is 6.56. The zero-order valence-corrected chi connectivity index (χ0v) is 12.3. The Balaban J connectivity index is 2.04. The maximum atomic E-state index is 13.9. The van der Waals surface area contributed by atoms with Gasteiger partial charge in [-0.3, -0.25) is 0 Å². The topological polar surface area (TPSA) is 35.2 Å². The Morgan fingerprint density at radius 2 is 1.76 bits per heavy atom. The number of halogens is 3. The van der Waals surface area contributed by atoms with Crippen molar-refractivity contribution in [2.75, 3.05) is 0 Å². The summed E-state index contributed by atoms with van der Waals surface area (Å²) >= 11 is 5.60. The van der Waals surface area contributed by atoms with E-state index in [1.165, 1.54) is 18.2 Å². The first-order chi connectivity index (χ1) is 9.95. The quantitative estimate of drug-likeness (QED) is 0.902. The zero-order chi connectivity index (χ0) is 15.4. The molecule has 0 fully saturated rings. The molecule has 0 spiro atoms. The minimum atomic E-state index is -0.523. The second-order valence-electron chi connectivity index (χ2n) is 4.98. The molecule has 0 bridgehead atoms. The van der Waals surface area contributed by atoms with Crippen molar-refractivity contribution in [2.45, 2.75) is 26.0 Å². The van der Waals surface area contributed by atoms with Crippen LogP contribution in [0.3, 0.4) is 0 Å². The van der Waals surface area contributed by atoms with Crippen molar-refractivity contribution in [1.82, 2.24) is 0 Å². The van der Waals surface area contributed by atoms with Crippen LogP contribution in [0.1, 0.15) is 18.1 Å². The predicted octanol–water partition coefficient (Wildman–Crippen LogP) is 4.09. The Bertz CT molecular complexity index is 632. The summed E-state index contributed by atoms with van der Waals surface area (Å²) in [5.74, 6) is -0.855. The molecule has 2 nitrogen and oxygen atoms in total. The summed E-state index contributed by atoms with van der Waals surface area (Å²) in [6, 6.07) is 9.04. The molecule has 0 saturated carbocycles. The van der Waals surface area contributed by atoms with Crippen LogP contribution in [0.25, 0.3) is 0 Å². The van der Waals surface area contributed by atoms with Gasteiger partial charge < -0.3 is 10.5 Å². The molecule has 2 rings (SSSR count). The summed E-state index contributed by atoms with van der Waals surface area (Å²) in [5.41, 5.74) is 7.07. The maximum Gasteiger partial charge on any atom is 0.165 e. The Hall–Kier alpha value is -1.65. The van der Waals surface area contributed by atoms with Gasteiger partial charge in [0.25, 0.3) is 0 Å². The van der Waals surface area contributed by atoms with E-state index in [1.807, 2.05) is 6.92 Å². The standard InChI is InChI=1S/C16H16ClF2NO/c1-10(20)6-11-3-5-16(15(19)7-11)21-9-12-2-4-13(17)14(18)8-12/h2-5,7-8,10H,6,9,20H2,1H3. The number of benzene rings is 2. The third-order valence-corrected chi connectivity index (χ3v) is 3.24. The van der Waals surface area contributed by atoms with E-state index in [1.54, 1.807) is 18.2 Å². The molecule has 0 heterocycles. The lowest BCUT2D eigenvalue weighted by molar-refractivity contribution is 0.289. The average molecular weight is 312 g/mol. The molecular formula is C16H16ClF2NO. The van der Waals surface area contributed by atoms with Crippen molar-refractivity contribution in [3.05, 3.63) is 64.2 Å². The van der Waals surface area contributed by atoms with E-state index in [0.29, 0.717) is 12.0 Å². The number of hydrogen-bond acceptors (Lipinski definition) is 2. The maximum absolute atomic E-state index is 13.9. The number of ether oxygens (including phenoxy) is 1. The minimum absolute atomic E-state index is 0.0341. The van der Waals surface area contributed by atoms with Crippen LogP contribution in [0.4, 0.5) is 8.78 Å². The second-order valence-corrected chi connectivity index (χ2v) is 5.39. The fourth-order valence-corrected chi connectivity index (χ4v) is 2.07. The van der Waals surface area contributed by atoms with Gasteiger partial charge in [0.15, 0.2) is 11.6 Å². The first-order valence-corrected chi connectivity index (χ1v) is 6.94. The van der Waals surface area contributed by atoms with Crippen LogP contribution in [0.2, 0.25) is 5.02 Å². The van der Waals surface area contributed by atoms with Gasteiger partial charge in [-0.1, -0.05) is 23.7 Å². The predicted molar refractivity (Wildman–Crippen MR) is 79.5 cm³/mol. The molecule has 5 heteroatoms. The van der Waals surface area contributed by atoms with E-state index in [9.17, 15) is 8.78 Å². The van der Waals surface area contributed by atoms with E-state index in [2.05, 4.69) is 0 Å². The molecule has 2 N–H and O–H groups in total. The van der Waals surface area contributed by atoms with Gasteiger partial charge in [0, 0.05) is 6.04 Å². The van der Waals surface area contributed by atoms with Crippen LogP contribution in [-0.2, 0) is 13.0 Å². The van der Waals surface area contributed by atoms with Crippen molar-refractivity contribution in [1.29, 1.82) is 0 Å². The molecule has 0 amide bonds. The molecule has 0 saturated heterocycles. The Kier molecular flexibility index (Phi) is 5.15. The van der Waals surface area contributed by atoms with Gasteiger partial charge in [-0.05, 0) is 48.7 Å². The van der Waals surface area contributed by atoms with Crippen molar-refractivity contribution in [3.63, 3.8) is 0 Å². The highest BCUT2D eigenvalue weighted by Gasteiger charge is 2.07. The highest BCUT2D eigenvalue weighted by molar-refractivity contribution is 6.30. The molecule has 2 aromatic rings. The second kappa shape index (κ2) is 6.87. The summed E-state index contributed by atoms with van der Waals surface area (Å²) in [4.78, 5) is 0. The van der Waals surface area contributed by atoms with E-state index >= 15 is 0 Å². The molecule has 112 valence electrons. The Morgan fingerprint density at radius 3 is 2.38 bits per heavy atom. The van der Waals surface area contributed by atoms with Crippen molar-refractivity contribution < 1.29 is 13.5 Å². The van der Waals surface area contributed by atoms with Crippen LogP contribution in [-0.4, -0.2) is 6.04 Å². The first kappa shape index (κ1) is 15.7. The van der Waals surface area contributed by atoms with Crippen molar-refractivity contribution in [2.24, 2.45) is 5.73 Å². The van der Waals surface area contributed by atoms with E-state index in [0.717, 1.165) is 5.56 Å². The van der Waals surface area contributed by atoms with Crippen LogP contribution in [0, 0.1) is 11.6 Å². The van der Waals surface area contributed by atoms with Gasteiger partial charge in [-0.15, -0.1) is 0 Å². The largest absolute Gasteiger partial charge is 0.486 e. The van der Waals surface area contributed by atoms with Crippen LogP contribution >= 0.6 is 11.6 Å². The number of nitrogens with two attached hydrogens (primary N) is 1. The van der Waals surface area contributed by atoms with Gasteiger partial charge in [0.1, 0.15) is 12.4 Å². The number of hydrogen-bond donors (Lipinski definition) is 1. The highest BCUT2D eigenvalue weighted by atomic mass is 35.5. The van der Waals surface area contributed by atoms with Gasteiger partial charge in [0.05, 0.1) is 5.02 Å². The van der Waals surface area contributed by atoms with Crippen LogP contribution in [0.5, 0.6) is 5.75 Å². The SMILES string of the molecule is CC(N)Cc1ccc(OCc2ccc(Cl)c(F)c2)c(F)c1. The van der Waals surface area contributed by atoms with Crippen molar-refractivity contribution in [3.8, 4) is 5.75 Å². The minimum Gasteiger partial charge on any atom is -0.486 e. The summed E-state index contributed by atoms with van der Waals surface area (Å²) in [6.07, 6.45) is 0.597. The Morgan fingerprint density at radius 1 is 1.10 bits per heavy atom. The van der Waals surface area contributed by atoms with Gasteiger partial charge in [-0.25, -0.2) is 8.78 Å². The monoisotopic (exact) mass is 311 g/mol. The fourth-order valence-electron chi connectivity index (χ4n) is 1.95. The van der Waals surface area contributed by atoms with Gasteiger partial charge >= 0.3 is 0 Å². The van der Waals surface area contributed by atoms with Crippen LogP contribution in [0.15, 0.2) is 36.4 Å². The molecule has 0 aliphatic carbocycles. The smallest absolute Gasteiger partial charge is 0.165 e. The molecule has 1 atom stereocenters. The van der Waals surface area contributed by atoms with E-state index in [-0.39, 0.29) is 23.4 Å². The average Bonchev–Trinajstić information content (AvgIpc) is 2.41. The lowest BCUT2D eigenvalue weighted by Crippen LogP contribution is -2.17. The van der Waals surface area contributed by atoms with E-state index in [4.69, 9.17) is 22.1 Å². The molecule has 0 radical (unpaired) electrons. The molecule has 21 heavy (non-hydrogen) atoms. The molecule has 0 aliphatic heterocycles. The molecule has 1 unspecified atom stereocenters. The Labute approximate surface area is 127 Å².